The van der Waals surface area contributed by atoms with Gasteiger partial charge < -0.3 is 25.0 Å². The second kappa shape index (κ2) is 10.6. The molecule has 1 aliphatic heterocycles. The maximum Gasteiger partial charge on any atom is 0.407 e. The first-order chi connectivity index (χ1) is 16.9. The molecule has 0 aromatic heterocycles. The normalized spacial score (nSPS) is 18.6. The van der Waals surface area contributed by atoms with E-state index in [0.29, 0.717) is 6.42 Å². The Morgan fingerprint density at radius 3 is 2.23 bits per heavy atom. The minimum absolute atomic E-state index is 0.0545. The van der Waals surface area contributed by atoms with E-state index in [1.807, 2.05) is 36.4 Å². The fourth-order valence-electron chi connectivity index (χ4n) is 4.70. The summed E-state index contributed by atoms with van der Waals surface area (Å²) in [6.45, 7) is 3.49. The lowest BCUT2D eigenvalue weighted by Gasteiger charge is -2.22. The molecule has 1 heterocycles. The number of fused-ring (bicyclic) bond motifs is 3. The van der Waals surface area contributed by atoms with E-state index in [1.54, 1.807) is 13.8 Å². The van der Waals surface area contributed by atoms with Gasteiger partial charge in [0.1, 0.15) is 19.1 Å². The maximum absolute atomic E-state index is 12.5. The van der Waals surface area contributed by atoms with Crippen LogP contribution < -0.4 is 10.6 Å². The van der Waals surface area contributed by atoms with Crippen LogP contribution in [0.1, 0.15) is 37.3 Å². The first-order valence-electron chi connectivity index (χ1n) is 11.7. The molecule has 1 fully saturated rings. The lowest BCUT2D eigenvalue weighted by Crippen LogP contribution is -2.45. The van der Waals surface area contributed by atoms with Crippen LogP contribution in [0.25, 0.3) is 11.1 Å². The smallest absolute Gasteiger partial charge is 0.407 e. The predicted molar refractivity (Wildman–Crippen MR) is 127 cm³/mol. The molecule has 3 amide bonds. The third-order valence-electron chi connectivity index (χ3n) is 6.44. The average molecular weight is 480 g/mol. The second-order valence-electron chi connectivity index (χ2n) is 8.63. The molecule has 2 unspecified atom stereocenters. The van der Waals surface area contributed by atoms with Crippen molar-refractivity contribution in [2.24, 2.45) is 5.92 Å². The SMILES string of the molecule is CCOC(=O)C1CC(C)N(CNC(=O)CNC(=O)OCC2c3ccccc3-c3ccccc32)C1=O. The van der Waals surface area contributed by atoms with Gasteiger partial charge in [-0.2, -0.15) is 0 Å². The monoisotopic (exact) mass is 479 g/mol. The summed E-state index contributed by atoms with van der Waals surface area (Å²) < 4.78 is 10.4. The number of carbonyl (C=O) groups excluding carboxylic acids is 4. The van der Waals surface area contributed by atoms with E-state index in [9.17, 15) is 19.2 Å². The third-order valence-corrected chi connectivity index (χ3v) is 6.44. The van der Waals surface area contributed by atoms with E-state index in [4.69, 9.17) is 9.47 Å². The molecule has 0 bridgehead atoms. The molecule has 0 spiro atoms. The third kappa shape index (κ3) is 5.13. The Balaban J connectivity index is 1.23. The molecule has 2 aliphatic rings. The molecule has 0 radical (unpaired) electrons. The van der Waals surface area contributed by atoms with E-state index >= 15 is 0 Å². The van der Waals surface area contributed by atoms with Crippen molar-refractivity contribution in [3.8, 4) is 11.1 Å². The number of alkyl carbamates (subject to hydrolysis) is 1. The number of nitrogens with zero attached hydrogens (tertiary/aromatic N) is 1. The molecular formula is C26H29N3O6. The molecule has 2 aromatic rings. The van der Waals surface area contributed by atoms with Crippen LogP contribution in [0.15, 0.2) is 48.5 Å². The van der Waals surface area contributed by atoms with Crippen molar-refractivity contribution < 1.29 is 28.7 Å². The molecular weight excluding hydrogens is 450 g/mol. The van der Waals surface area contributed by atoms with Gasteiger partial charge >= 0.3 is 12.1 Å². The van der Waals surface area contributed by atoms with Crippen molar-refractivity contribution >= 4 is 23.9 Å². The fourth-order valence-corrected chi connectivity index (χ4v) is 4.70. The standard InChI is InChI=1S/C26H29N3O6/c1-3-34-25(32)21-12-16(2)29(24(21)31)15-28-23(30)13-27-26(33)35-14-22-19-10-6-4-8-17(19)18-9-5-7-11-20(18)22/h4-11,16,21-22H,3,12-15H2,1-2H3,(H,27,33)(H,28,30). The van der Waals surface area contributed by atoms with Crippen LogP contribution in [0.5, 0.6) is 0 Å². The highest BCUT2D eigenvalue weighted by molar-refractivity contribution is 5.99. The van der Waals surface area contributed by atoms with Gasteiger partial charge in [-0.15, -0.1) is 0 Å². The van der Waals surface area contributed by atoms with Crippen LogP contribution in [-0.4, -0.2) is 61.2 Å². The van der Waals surface area contributed by atoms with Crippen molar-refractivity contribution in [2.45, 2.75) is 32.2 Å². The minimum Gasteiger partial charge on any atom is -0.465 e. The Morgan fingerprint density at radius 1 is 0.971 bits per heavy atom. The molecule has 184 valence electrons. The highest BCUT2D eigenvalue weighted by Gasteiger charge is 2.42. The zero-order valence-electron chi connectivity index (χ0n) is 19.8. The van der Waals surface area contributed by atoms with Crippen molar-refractivity contribution in [2.75, 3.05) is 26.4 Å². The van der Waals surface area contributed by atoms with Crippen molar-refractivity contribution in [3.63, 3.8) is 0 Å². The molecule has 2 N–H and O–H groups in total. The summed E-state index contributed by atoms with van der Waals surface area (Å²) in [5.74, 6) is -2.31. The Kier molecular flexibility index (Phi) is 7.33. The molecule has 9 heteroatoms. The zero-order valence-corrected chi connectivity index (χ0v) is 19.8. The highest BCUT2D eigenvalue weighted by atomic mass is 16.5. The number of amides is 3. The van der Waals surface area contributed by atoms with Gasteiger partial charge in [-0.05, 0) is 42.5 Å². The van der Waals surface area contributed by atoms with Gasteiger partial charge in [0, 0.05) is 12.0 Å². The topological polar surface area (TPSA) is 114 Å². The Labute approximate surface area is 203 Å². The molecule has 1 saturated heterocycles. The maximum atomic E-state index is 12.5. The van der Waals surface area contributed by atoms with Gasteiger partial charge in [0.15, 0.2) is 0 Å². The zero-order chi connectivity index (χ0) is 24.9. The van der Waals surface area contributed by atoms with E-state index in [-0.39, 0.29) is 44.3 Å². The van der Waals surface area contributed by atoms with Gasteiger partial charge in [-0.1, -0.05) is 48.5 Å². The van der Waals surface area contributed by atoms with Gasteiger partial charge in [0.2, 0.25) is 11.8 Å². The number of likely N-dealkylation sites (tertiary alicyclic amines) is 1. The van der Waals surface area contributed by atoms with Crippen molar-refractivity contribution in [1.29, 1.82) is 0 Å². The first-order valence-corrected chi connectivity index (χ1v) is 11.7. The fraction of sp³-hybridized carbons (Fsp3) is 0.385. The van der Waals surface area contributed by atoms with Crippen LogP contribution in [0.4, 0.5) is 4.79 Å². The number of benzene rings is 2. The highest BCUT2D eigenvalue weighted by Crippen LogP contribution is 2.44. The number of carbonyl (C=O) groups is 4. The van der Waals surface area contributed by atoms with E-state index in [1.165, 1.54) is 4.90 Å². The number of esters is 1. The first kappa shape index (κ1) is 24.3. The summed E-state index contributed by atoms with van der Waals surface area (Å²) in [5.41, 5.74) is 4.47. The second-order valence-corrected chi connectivity index (χ2v) is 8.63. The summed E-state index contributed by atoms with van der Waals surface area (Å²) in [4.78, 5) is 50.3. The van der Waals surface area contributed by atoms with Gasteiger partial charge in [0.05, 0.1) is 13.3 Å². The number of nitrogens with one attached hydrogen (secondary N) is 2. The van der Waals surface area contributed by atoms with Crippen LogP contribution in [0.2, 0.25) is 0 Å². The summed E-state index contributed by atoms with van der Waals surface area (Å²) in [7, 11) is 0. The average Bonchev–Trinajstić information content (AvgIpc) is 3.33. The summed E-state index contributed by atoms with van der Waals surface area (Å²) in [6, 6.07) is 15.8. The number of hydrogen-bond donors (Lipinski definition) is 2. The van der Waals surface area contributed by atoms with Crippen molar-refractivity contribution in [1.82, 2.24) is 15.5 Å². The molecule has 4 rings (SSSR count). The predicted octanol–water partition coefficient (Wildman–Crippen LogP) is 2.40. The van der Waals surface area contributed by atoms with E-state index in [0.717, 1.165) is 22.3 Å². The Morgan fingerprint density at radius 2 is 1.60 bits per heavy atom. The van der Waals surface area contributed by atoms with Crippen LogP contribution in [0.3, 0.4) is 0 Å². The van der Waals surface area contributed by atoms with Gasteiger partial charge in [-0.3, -0.25) is 14.4 Å². The Bertz CT molecular complexity index is 1090. The number of hydrogen-bond acceptors (Lipinski definition) is 6. The van der Waals surface area contributed by atoms with E-state index in [2.05, 4.69) is 22.8 Å². The number of ether oxygens (including phenoxy) is 2. The summed E-state index contributed by atoms with van der Waals surface area (Å²) in [5, 5.41) is 5.04. The van der Waals surface area contributed by atoms with Crippen LogP contribution in [-0.2, 0) is 23.9 Å². The molecule has 9 nitrogen and oxygen atoms in total. The summed E-state index contributed by atoms with van der Waals surface area (Å²) >= 11 is 0. The molecule has 2 aromatic carbocycles. The minimum atomic E-state index is -0.846. The van der Waals surface area contributed by atoms with Crippen LogP contribution in [0, 0.1) is 5.92 Å². The lowest BCUT2D eigenvalue weighted by atomic mass is 9.98. The van der Waals surface area contributed by atoms with Crippen molar-refractivity contribution in [3.05, 3.63) is 59.7 Å². The Hall–Kier alpha value is -3.88. The molecule has 1 aliphatic carbocycles. The van der Waals surface area contributed by atoms with Gasteiger partial charge in [-0.25, -0.2) is 4.79 Å². The quantitative estimate of drug-likeness (QED) is 0.444. The number of rotatable bonds is 8. The largest absolute Gasteiger partial charge is 0.465 e. The van der Waals surface area contributed by atoms with Crippen LogP contribution >= 0.6 is 0 Å². The molecule has 35 heavy (non-hydrogen) atoms. The lowest BCUT2D eigenvalue weighted by molar-refractivity contribution is -0.152. The van der Waals surface area contributed by atoms with E-state index < -0.39 is 23.9 Å². The summed E-state index contributed by atoms with van der Waals surface area (Å²) in [6.07, 6.45) is -0.360. The van der Waals surface area contributed by atoms with Gasteiger partial charge in [0.25, 0.3) is 0 Å². The molecule has 2 atom stereocenters. The molecule has 0 saturated carbocycles.